The summed E-state index contributed by atoms with van der Waals surface area (Å²) in [6.07, 6.45) is 0. The van der Waals surface area contributed by atoms with Crippen LogP contribution in [-0.4, -0.2) is 4.98 Å². The molecule has 1 aromatic carbocycles. The minimum atomic E-state index is -0.249. The molecular formula is C15H13IN2O2. The lowest BCUT2D eigenvalue weighted by Gasteiger charge is -2.12. The highest BCUT2D eigenvalue weighted by molar-refractivity contribution is 14.1. The molecule has 0 unspecified atom stereocenters. The highest BCUT2D eigenvalue weighted by Gasteiger charge is 2.16. The smallest absolute Gasteiger partial charge is 0.265 e. The van der Waals surface area contributed by atoms with Gasteiger partial charge in [-0.1, -0.05) is 6.07 Å². The van der Waals surface area contributed by atoms with Crippen molar-refractivity contribution in [2.75, 3.05) is 0 Å². The van der Waals surface area contributed by atoms with Crippen LogP contribution in [0, 0.1) is 35.7 Å². The van der Waals surface area contributed by atoms with Gasteiger partial charge in [-0.15, -0.1) is 0 Å². The molecule has 2 rings (SSSR count). The molecule has 2 aromatic rings. The molecule has 0 saturated carbocycles. The average Bonchev–Trinajstić information content (AvgIpc) is 2.34. The zero-order valence-corrected chi connectivity index (χ0v) is 13.5. The Morgan fingerprint density at radius 1 is 1.20 bits per heavy atom. The zero-order valence-electron chi connectivity index (χ0n) is 11.4. The Bertz CT molecular complexity index is 752. The second-order valence-corrected chi connectivity index (χ2v) is 5.71. The van der Waals surface area contributed by atoms with Crippen LogP contribution in [0.2, 0.25) is 0 Å². The van der Waals surface area contributed by atoms with Gasteiger partial charge in [-0.25, -0.2) is 0 Å². The van der Waals surface area contributed by atoms with E-state index in [4.69, 9.17) is 4.74 Å². The fourth-order valence-corrected chi connectivity index (χ4v) is 2.53. The molecular weight excluding hydrogens is 367 g/mol. The van der Waals surface area contributed by atoms with Gasteiger partial charge in [0.1, 0.15) is 21.0 Å². The van der Waals surface area contributed by atoms with E-state index in [0.717, 1.165) is 11.1 Å². The van der Waals surface area contributed by atoms with Crippen molar-refractivity contribution in [3.8, 4) is 17.6 Å². The van der Waals surface area contributed by atoms with Crippen LogP contribution in [0.3, 0.4) is 0 Å². The summed E-state index contributed by atoms with van der Waals surface area (Å²) in [6, 6.07) is 7.87. The lowest BCUT2D eigenvalue weighted by atomic mass is 10.1. The standard InChI is InChI=1S/C15H13IN2O2/c1-8-4-9(2)6-11(5-8)20-14-12(7-17)10(3)18-15(19)13(14)16/h4-6H,1-3H3,(H,18,19). The molecule has 0 aliphatic carbocycles. The molecule has 0 saturated heterocycles. The van der Waals surface area contributed by atoms with Crippen molar-refractivity contribution >= 4 is 22.6 Å². The Balaban J connectivity index is 2.59. The first-order valence-electron chi connectivity index (χ1n) is 6.01. The van der Waals surface area contributed by atoms with Crippen molar-refractivity contribution < 1.29 is 4.74 Å². The summed E-state index contributed by atoms with van der Waals surface area (Å²) in [5, 5.41) is 9.25. The largest absolute Gasteiger partial charge is 0.455 e. The van der Waals surface area contributed by atoms with Crippen molar-refractivity contribution in [3.63, 3.8) is 0 Å². The number of nitrogens with zero attached hydrogens (tertiary/aromatic N) is 1. The third-order valence-electron chi connectivity index (χ3n) is 2.83. The monoisotopic (exact) mass is 380 g/mol. The van der Waals surface area contributed by atoms with Crippen LogP contribution in [0.4, 0.5) is 0 Å². The van der Waals surface area contributed by atoms with Gasteiger partial charge >= 0.3 is 0 Å². The summed E-state index contributed by atoms with van der Waals surface area (Å²) < 4.78 is 6.18. The molecule has 5 heteroatoms. The van der Waals surface area contributed by atoms with E-state index in [1.54, 1.807) is 6.92 Å². The van der Waals surface area contributed by atoms with Crippen LogP contribution in [0.25, 0.3) is 0 Å². The van der Waals surface area contributed by atoms with E-state index in [1.165, 1.54) is 0 Å². The summed E-state index contributed by atoms with van der Waals surface area (Å²) in [5.41, 5.74) is 2.75. The van der Waals surface area contributed by atoms with Gasteiger partial charge in [0.15, 0.2) is 5.75 Å². The highest BCUT2D eigenvalue weighted by Crippen LogP contribution is 2.30. The van der Waals surface area contributed by atoms with Crippen LogP contribution >= 0.6 is 22.6 Å². The second kappa shape index (κ2) is 5.67. The maximum atomic E-state index is 11.8. The molecule has 102 valence electrons. The van der Waals surface area contributed by atoms with Crippen molar-refractivity contribution in [2.24, 2.45) is 0 Å². The van der Waals surface area contributed by atoms with Gasteiger partial charge in [0, 0.05) is 5.69 Å². The third kappa shape index (κ3) is 2.85. The molecule has 1 N–H and O–H groups in total. The van der Waals surface area contributed by atoms with Gasteiger partial charge in [0.05, 0.1) is 0 Å². The lowest BCUT2D eigenvalue weighted by Crippen LogP contribution is -2.14. The van der Waals surface area contributed by atoms with E-state index in [9.17, 15) is 10.1 Å². The summed E-state index contributed by atoms with van der Waals surface area (Å²) in [4.78, 5) is 14.4. The summed E-state index contributed by atoms with van der Waals surface area (Å²) in [5.74, 6) is 0.946. The predicted octanol–water partition coefficient (Wildman–Crippen LogP) is 3.57. The lowest BCUT2D eigenvalue weighted by molar-refractivity contribution is 0.474. The average molecular weight is 380 g/mol. The number of aromatic nitrogens is 1. The Kier molecular flexibility index (Phi) is 4.14. The van der Waals surface area contributed by atoms with Crippen LogP contribution in [0.15, 0.2) is 23.0 Å². The molecule has 4 nitrogen and oxygen atoms in total. The topological polar surface area (TPSA) is 65.9 Å². The van der Waals surface area contributed by atoms with Crippen molar-refractivity contribution in [2.45, 2.75) is 20.8 Å². The molecule has 0 atom stereocenters. The van der Waals surface area contributed by atoms with Crippen LogP contribution in [0.5, 0.6) is 11.5 Å². The molecule has 1 heterocycles. The molecule has 0 radical (unpaired) electrons. The molecule has 0 amide bonds. The fraction of sp³-hybridized carbons (Fsp3) is 0.200. The quantitative estimate of drug-likeness (QED) is 0.811. The summed E-state index contributed by atoms with van der Waals surface area (Å²) in [7, 11) is 0. The molecule has 0 aliphatic heterocycles. The molecule has 0 fully saturated rings. The van der Waals surface area contributed by atoms with E-state index in [1.807, 2.05) is 54.6 Å². The SMILES string of the molecule is Cc1cc(C)cc(Oc2c(C#N)c(C)[nH]c(=O)c2I)c1. The number of pyridine rings is 1. The molecule has 20 heavy (non-hydrogen) atoms. The van der Waals surface area contributed by atoms with Crippen LogP contribution < -0.4 is 10.3 Å². The number of benzene rings is 1. The van der Waals surface area contributed by atoms with Gasteiger partial charge in [0.25, 0.3) is 5.56 Å². The van der Waals surface area contributed by atoms with Gasteiger partial charge in [0.2, 0.25) is 0 Å². The highest BCUT2D eigenvalue weighted by atomic mass is 127. The number of aryl methyl sites for hydroxylation is 3. The van der Waals surface area contributed by atoms with Crippen molar-refractivity contribution in [1.82, 2.24) is 4.98 Å². The Morgan fingerprint density at radius 2 is 1.80 bits per heavy atom. The number of nitriles is 1. The number of hydrogen-bond donors (Lipinski definition) is 1. The maximum Gasteiger partial charge on any atom is 0.265 e. The number of halogens is 1. The number of aromatic amines is 1. The molecule has 1 aromatic heterocycles. The number of nitrogens with one attached hydrogen (secondary N) is 1. The first-order valence-corrected chi connectivity index (χ1v) is 7.09. The van der Waals surface area contributed by atoms with Crippen LogP contribution in [0.1, 0.15) is 22.4 Å². The van der Waals surface area contributed by atoms with Gasteiger partial charge < -0.3 is 9.72 Å². The van der Waals surface area contributed by atoms with Gasteiger partial charge in [-0.3, -0.25) is 4.79 Å². The van der Waals surface area contributed by atoms with E-state index in [0.29, 0.717) is 26.3 Å². The van der Waals surface area contributed by atoms with Gasteiger partial charge in [-0.2, -0.15) is 5.26 Å². The Morgan fingerprint density at radius 3 is 2.35 bits per heavy atom. The van der Waals surface area contributed by atoms with Crippen molar-refractivity contribution in [3.05, 3.63) is 54.5 Å². The maximum absolute atomic E-state index is 11.8. The zero-order chi connectivity index (χ0) is 14.9. The van der Waals surface area contributed by atoms with E-state index >= 15 is 0 Å². The van der Waals surface area contributed by atoms with Crippen LogP contribution in [-0.2, 0) is 0 Å². The fourth-order valence-electron chi connectivity index (χ4n) is 2.01. The van der Waals surface area contributed by atoms with Gasteiger partial charge in [-0.05, 0) is 66.6 Å². The first-order chi connectivity index (χ1) is 9.42. The number of hydrogen-bond acceptors (Lipinski definition) is 3. The minimum Gasteiger partial charge on any atom is -0.455 e. The number of rotatable bonds is 2. The summed E-state index contributed by atoms with van der Waals surface area (Å²) >= 11 is 1.89. The molecule has 0 spiro atoms. The normalized spacial score (nSPS) is 10.2. The number of ether oxygens (including phenoxy) is 1. The minimum absolute atomic E-state index is 0.249. The second-order valence-electron chi connectivity index (χ2n) is 4.63. The first kappa shape index (κ1) is 14.6. The van der Waals surface area contributed by atoms with Crippen molar-refractivity contribution in [1.29, 1.82) is 5.26 Å². The Labute approximate surface area is 130 Å². The number of H-pyrrole nitrogens is 1. The predicted molar refractivity (Wildman–Crippen MR) is 85.2 cm³/mol. The molecule has 0 aliphatic rings. The summed E-state index contributed by atoms with van der Waals surface area (Å²) in [6.45, 7) is 5.63. The van der Waals surface area contributed by atoms with E-state index in [-0.39, 0.29) is 5.56 Å². The van der Waals surface area contributed by atoms with E-state index in [2.05, 4.69) is 11.1 Å². The molecule has 0 bridgehead atoms. The van der Waals surface area contributed by atoms with E-state index < -0.39 is 0 Å². The third-order valence-corrected chi connectivity index (χ3v) is 3.81. The Hall–Kier alpha value is -1.81.